The zero-order valence-corrected chi connectivity index (χ0v) is 17.4. The van der Waals surface area contributed by atoms with E-state index in [1.165, 1.54) is 10.6 Å². The first-order valence-electron chi connectivity index (χ1n) is 9.17. The normalized spacial score (nSPS) is 16.1. The second-order valence-electron chi connectivity index (χ2n) is 7.41. The highest BCUT2D eigenvalue weighted by atomic mass is 32.1. The van der Waals surface area contributed by atoms with E-state index in [0.717, 1.165) is 17.8 Å². The number of guanidine groups is 1. The lowest BCUT2D eigenvalue weighted by Crippen LogP contribution is -2.53. The minimum Gasteiger partial charge on any atom is -0.444 e. The van der Waals surface area contributed by atoms with Gasteiger partial charge in [-0.15, -0.1) is 11.3 Å². The lowest BCUT2D eigenvalue weighted by atomic mass is 10.2. The summed E-state index contributed by atoms with van der Waals surface area (Å²) >= 11 is 1.74. The molecule has 0 aliphatic carbocycles. The zero-order valence-electron chi connectivity index (χ0n) is 16.5. The van der Waals surface area contributed by atoms with Gasteiger partial charge in [0, 0.05) is 44.0 Å². The molecule has 1 amide bonds. The van der Waals surface area contributed by atoms with Gasteiger partial charge in [0.15, 0.2) is 5.96 Å². The van der Waals surface area contributed by atoms with Crippen LogP contribution in [-0.4, -0.2) is 65.2 Å². The Balaban J connectivity index is 1.79. The highest BCUT2D eigenvalue weighted by Gasteiger charge is 2.26. The first-order chi connectivity index (χ1) is 12.2. The van der Waals surface area contributed by atoms with Crippen molar-refractivity contribution in [2.75, 3.05) is 32.7 Å². The average molecular weight is 382 g/mol. The third-order valence-electron chi connectivity index (χ3n) is 4.13. The number of carbonyl (C=O) groups is 1. The number of hydrogen-bond acceptors (Lipinski definition) is 5. The minimum absolute atomic E-state index is 0.265. The molecule has 146 valence electrons. The fourth-order valence-corrected chi connectivity index (χ4v) is 3.74. The number of amides is 1. The summed E-state index contributed by atoms with van der Waals surface area (Å²) in [4.78, 5) is 26.2. The molecule has 2 heterocycles. The van der Waals surface area contributed by atoms with Crippen LogP contribution in [-0.2, 0) is 17.6 Å². The second-order valence-corrected chi connectivity index (χ2v) is 8.70. The second kappa shape index (κ2) is 8.70. The highest BCUT2D eigenvalue weighted by Crippen LogP contribution is 2.18. The molecular weight excluding hydrogens is 350 g/mol. The summed E-state index contributed by atoms with van der Waals surface area (Å²) in [6, 6.07) is 0. The number of rotatable bonds is 4. The van der Waals surface area contributed by atoms with Crippen molar-refractivity contribution in [3.05, 3.63) is 15.6 Å². The summed E-state index contributed by atoms with van der Waals surface area (Å²) in [7, 11) is 0. The summed E-state index contributed by atoms with van der Waals surface area (Å²) in [5.74, 6) is 0.540. The maximum Gasteiger partial charge on any atom is 0.410 e. The summed E-state index contributed by atoms with van der Waals surface area (Å²) in [5, 5.41) is 1.12. The maximum absolute atomic E-state index is 12.1. The largest absolute Gasteiger partial charge is 0.444 e. The topological polar surface area (TPSA) is 84.0 Å². The van der Waals surface area contributed by atoms with E-state index in [1.54, 1.807) is 16.2 Å². The molecule has 2 N–H and O–H groups in total. The van der Waals surface area contributed by atoms with Crippen LogP contribution in [0.25, 0.3) is 0 Å². The van der Waals surface area contributed by atoms with Gasteiger partial charge in [-0.3, -0.25) is 4.99 Å². The molecule has 1 aromatic heterocycles. The number of aryl methyl sites for hydroxylation is 2. The van der Waals surface area contributed by atoms with Crippen molar-refractivity contribution in [3.8, 4) is 0 Å². The first kappa shape index (κ1) is 20.5. The van der Waals surface area contributed by atoms with Gasteiger partial charge in [-0.25, -0.2) is 9.78 Å². The molecular formula is C18H31N5O2S. The Kier molecular flexibility index (Phi) is 6.86. The molecule has 0 radical (unpaired) electrons. The van der Waals surface area contributed by atoms with Crippen LogP contribution in [0.2, 0.25) is 0 Å². The van der Waals surface area contributed by atoms with Crippen LogP contribution < -0.4 is 5.73 Å². The molecule has 1 saturated heterocycles. The number of ether oxygens (including phenoxy) is 1. The van der Waals surface area contributed by atoms with Gasteiger partial charge in [-0.1, -0.05) is 6.92 Å². The van der Waals surface area contributed by atoms with Crippen LogP contribution in [0.3, 0.4) is 0 Å². The standard InChI is InChI=1S/C18H31N5O2S/c1-6-14-13(2)26-15(21-14)7-8-20-16(19)22-9-11-23(12-10-22)17(24)25-18(3,4)5/h6-12H2,1-5H3,(H2,19,20). The van der Waals surface area contributed by atoms with Crippen molar-refractivity contribution in [3.63, 3.8) is 0 Å². The molecule has 0 unspecified atom stereocenters. The van der Waals surface area contributed by atoms with Crippen LogP contribution >= 0.6 is 11.3 Å². The van der Waals surface area contributed by atoms with Gasteiger partial charge in [0.1, 0.15) is 5.60 Å². The number of aliphatic imine (C=N–C) groups is 1. The molecule has 1 aromatic rings. The summed E-state index contributed by atoms with van der Waals surface area (Å²) in [5.41, 5.74) is 6.83. The van der Waals surface area contributed by atoms with E-state index in [2.05, 4.69) is 23.8 Å². The van der Waals surface area contributed by atoms with Crippen molar-refractivity contribution in [1.82, 2.24) is 14.8 Å². The molecule has 0 bridgehead atoms. The Morgan fingerprint density at radius 3 is 2.42 bits per heavy atom. The third kappa shape index (κ3) is 5.86. The number of piperazine rings is 1. The van der Waals surface area contributed by atoms with Gasteiger partial charge in [-0.2, -0.15) is 0 Å². The van der Waals surface area contributed by atoms with E-state index in [4.69, 9.17) is 10.5 Å². The van der Waals surface area contributed by atoms with Crippen LogP contribution in [0, 0.1) is 6.92 Å². The van der Waals surface area contributed by atoms with E-state index >= 15 is 0 Å². The van der Waals surface area contributed by atoms with Crippen molar-refractivity contribution in [1.29, 1.82) is 0 Å². The SMILES string of the molecule is CCc1nc(CCN=C(N)N2CCN(C(=O)OC(C)(C)C)CC2)sc1C. The van der Waals surface area contributed by atoms with E-state index in [9.17, 15) is 4.79 Å². The van der Waals surface area contributed by atoms with E-state index in [0.29, 0.717) is 38.7 Å². The number of thiazole rings is 1. The summed E-state index contributed by atoms with van der Waals surface area (Å²) < 4.78 is 5.41. The lowest BCUT2D eigenvalue weighted by Gasteiger charge is -2.36. The smallest absolute Gasteiger partial charge is 0.410 e. The highest BCUT2D eigenvalue weighted by molar-refractivity contribution is 7.11. The van der Waals surface area contributed by atoms with Crippen LogP contribution in [0.5, 0.6) is 0 Å². The first-order valence-corrected chi connectivity index (χ1v) is 9.99. The van der Waals surface area contributed by atoms with Gasteiger partial charge in [0.25, 0.3) is 0 Å². The van der Waals surface area contributed by atoms with Crippen molar-refractivity contribution in [2.45, 2.75) is 53.1 Å². The van der Waals surface area contributed by atoms with Crippen LogP contribution in [0.4, 0.5) is 4.79 Å². The molecule has 1 aliphatic heterocycles. The monoisotopic (exact) mass is 381 g/mol. The van der Waals surface area contributed by atoms with Gasteiger partial charge in [0.2, 0.25) is 0 Å². The quantitative estimate of drug-likeness (QED) is 0.640. The molecule has 26 heavy (non-hydrogen) atoms. The minimum atomic E-state index is -0.472. The average Bonchev–Trinajstić information content (AvgIpc) is 2.93. The predicted octanol–water partition coefficient (Wildman–Crippen LogP) is 2.42. The lowest BCUT2D eigenvalue weighted by molar-refractivity contribution is 0.0186. The van der Waals surface area contributed by atoms with Gasteiger partial charge in [0.05, 0.1) is 10.7 Å². The Bertz CT molecular complexity index is 642. The van der Waals surface area contributed by atoms with Crippen LogP contribution in [0.15, 0.2) is 4.99 Å². The van der Waals surface area contributed by atoms with Crippen molar-refractivity contribution >= 4 is 23.4 Å². The summed E-state index contributed by atoms with van der Waals surface area (Å²) in [6.07, 6.45) is 1.51. The maximum atomic E-state index is 12.1. The molecule has 0 atom stereocenters. The number of aromatic nitrogens is 1. The Morgan fingerprint density at radius 2 is 1.88 bits per heavy atom. The van der Waals surface area contributed by atoms with Crippen LogP contribution in [0.1, 0.15) is 43.3 Å². The third-order valence-corrected chi connectivity index (χ3v) is 5.20. The summed E-state index contributed by atoms with van der Waals surface area (Å²) in [6.45, 7) is 13.0. The van der Waals surface area contributed by atoms with Crippen molar-refractivity contribution < 1.29 is 9.53 Å². The molecule has 1 fully saturated rings. The van der Waals surface area contributed by atoms with Gasteiger partial charge < -0.3 is 20.3 Å². The fourth-order valence-electron chi connectivity index (χ4n) is 2.73. The Labute approximate surface area is 160 Å². The molecule has 0 saturated carbocycles. The number of hydrogen-bond donors (Lipinski definition) is 1. The molecule has 0 spiro atoms. The predicted molar refractivity (Wildman–Crippen MR) is 106 cm³/mol. The molecule has 8 heteroatoms. The molecule has 2 rings (SSSR count). The number of carbonyl (C=O) groups excluding carboxylic acids is 1. The molecule has 1 aliphatic rings. The Hall–Kier alpha value is -1.83. The Morgan fingerprint density at radius 1 is 1.27 bits per heavy atom. The molecule has 0 aromatic carbocycles. The van der Waals surface area contributed by atoms with E-state index in [1.807, 2.05) is 25.7 Å². The number of nitrogens with zero attached hydrogens (tertiary/aromatic N) is 4. The number of nitrogens with two attached hydrogens (primary N) is 1. The molecule has 7 nitrogen and oxygen atoms in total. The van der Waals surface area contributed by atoms with Crippen molar-refractivity contribution in [2.24, 2.45) is 10.7 Å². The van der Waals surface area contributed by atoms with Gasteiger partial charge >= 0.3 is 6.09 Å². The van der Waals surface area contributed by atoms with E-state index in [-0.39, 0.29) is 6.09 Å². The zero-order chi connectivity index (χ0) is 19.3. The fraction of sp³-hybridized carbons (Fsp3) is 0.722. The van der Waals surface area contributed by atoms with E-state index < -0.39 is 5.60 Å². The van der Waals surface area contributed by atoms with Gasteiger partial charge in [-0.05, 0) is 34.1 Å².